The van der Waals surface area contributed by atoms with Crippen molar-refractivity contribution in [2.24, 2.45) is 0 Å². The van der Waals surface area contributed by atoms with E-state index in [2.05, 4.69) is 40.0 Å². The van der Waals surface area contributed by atoms with Crippen molar-refractivity contribution in [2.75, 3.05) is 52.5 Å². The maximum Gasteiger partial charge on any atom is 0.119 e. The summed E-state index contributed by atoms with van der Waals surface area (Å²) >= 11 is 0. The molecule has 2 aromatic rings. The Hall–Kier alpha value is -1.93. The van der Waals surface area contributed by atoms with Crippen molar-refractivity contribution < 1.29 is 14.6 Å². The molecule has 0 saturated carbocycles. The molecule has 0 spiro atoms. The van der Waals surface area contributed by atoms with E-state index < -0.39 is 5.60 Å². The molecular formula is C23H34N4O3. The molecule has 7 nitrogen and oxygen atoms in total. The second-order valence-electron chi connectivity index (χ2n) is 8.72. The standard InChI is InChI=1S/C23H34N4O3/c1-19-15-20(2)27(24-19)11-14-30-22-5-3-21(4-6-22)16-26-8-7-23(28,18-26)17-25-9-12-29-13-10-25/h3-6,15,28H,7-14,16-18H2,1-2H3. The quantitative estimate of drug-likeness (QED) is 0.711. The van der Waals surface area contributed by atoms with E-state index in [0.717, 1.165) is 82.6 Å². The topological polar surface area (TPSA) is 63.0 Å². The normalized spacial score (nSPS) is 23.2. The number of nitrogens with zero attached hydrogens (tertiary/aromatic N) is 4. The smallest absolute Gasteiger partial charge is 0.119 e. The summed E-state index contributed by atoms with van der Waals surface area (Å²) in [7, 11) is 0. The minimum Gasteiger partial charge on any atom is -0.492 e. The van der Waals surface area contributed by atoms with Crippen LogP contribution in [0.4, 0.5) is 0 Å². The molecule has 7 heteroatoms. The van der Waals surface area contributed by atoms with Gasteiger partial charge in [-0.2, -0.15) is 5.10 Å². The average molecular weight is 415 g/mol. The van der Waals surface area contributed by atoms with Gasteiger partial charge in [0.25, 0.3) is 0 Å². The Morgan fingerprint density at radius 3 is 2.57 bits per heavy atom. The summed E-state index contributed by atoms with van der Waals surface area (Å²) in [4.78, 5) is 4.67. The van der Waals surface area contributed by atoms with E-state index >= 15 is 0 Å². The fraction of sp³-hybridized carbons (Fsp3) is 0.609. The van der Waals surface area contributed by atoms with Gasteiger partial charge >= 0.3 is 0 Å². The summed E-state index contributed by atoms with van der Waals surface area (Å²) in [6.07, 6.45) is 0.831. The Labute approximate surface area is 179 Å². The number of aliphatic hydroxyl groups is 1. The zero-order valence-corrected chi connectivity index (χ0v) is 18.2. The van der Waals surface area contributed by atoms with Gasteiger partial charge < -0.3 is 14.6 Å². The molecule has 2 aliphatic heterocycles. The Balaban J connectivity index is 1.22. The van der Waals surface area contributed by atoms with E-state index in [0.29, 0.717) is 6.61 Å². The predicted molar refractivity (Wildman–Crippen MR) is 116 cm³/mol. The first-order valence-electron chi connectivity index (χ1n) is 11.0. The molecule has 2 fully saturated rings. The van der Waals surface area contributed by atoms with Crippen LogP contribution in [0.2, 0.25) is 0 Å². The molecule has 164 valence electrons. The van der Waals surface area contributed by atoms with Gasteiger partial charge in [-0.05, 0) is 44.0 Å². The minimum absolute atomic E-state index is 0.599. The molecule has 1 aromatic carbocycles. The van der Waals surface area contributed by atoms with Crippen molar-refractivity contribution in [3.63, 3.8) is 0 Å². The largest absolute Gasteiger partial charge is 0.492 e. The van der Waals surface area contributed by atoms with Gasteiger partial charge in [-0.3, -0.25) is 14.5 Å². The molecule has 0 amide bonds. The monoisotopic (exact) mass is 414 g/mol. The molecule has 0 bridgehead atoms. The van der Waals surface area contributed by atoms with Crippen molar-refractivity contribution >= 4 is 0 Å². The minimum atomic E-state index is -0.608. The second kappa shape index (κ2) is 9.47. The van der Waals surface area contributed by atoms with Crippen LogP contribution in [0.15, 0.2) is 30.3 Å². The fourth-order valence-corrected chi connectivity index (χ4v) is 4.48. The Morgan fingerprint density at radius 1 is 1.10 bits per heavy atom. The maximum absolute atomic E-state index is 11.0. The highest BCUT2D eigenvalue weighted by Gasteiger charge is 2.37. The summed E-state index contributed by atoms with van der Waals surface area (Å²) < 4.78 is 13.3. The van der Waals surface area contributed by atoms with Gasteiger partial charge in [-0.15, -0.1) is 0 Å². The molecule has 2 saturated heterocycles. The van der Waals surface area contributed by atoms with Crippen LogP contribution >= 0.6 is 0 Å². The molecule has 1 aromatic heterocycles. The number of morpholine rings is 1. The number of rotatable bonds is 8. The summed E-state index contributed by atoms with van der Waals surface area (Å²) in [6.45, 7) is 12.1. The van der Waals surface area contributed by atoms with Gasteiger partial charge in [0.15, 0.2) is 0 Å². The number of likely N-dealkylation sites (tertiary alicyclic amines) is 1. The van der Waals surface area contributed by atoms with Crippen LogP contribution in [0.1, 0.15) is 23.4 Å². The molecule has 0 radical (unpaired) electrons. The average Bonchev–Trinajstić information content (AvgIpc) is 3.25. The third-order valence-electron chi connectivity index (χ3n) is 6.04. The molecule has 2 aliphatic rings. The van der Waals surface area contributed by atoms with Gasteiger partial charge in [0, 0.05) is 45.0 Å². The predicted octanol–water partition coefficient (Wildman–Crippen LogP) is 1.85. The number of ether oxygens (including phenoxy) is 2. The van der Waals surface area contributed by atoms with Crippen molar-refractivity contribution in [1.29, 1.82) is 0 Å². The summed E-state index contributed by atoms with van der Waals surface area (Å²) in [5.41, 5.74) is 2.83. The SMILES string of the molecule is Cc1cc(C)n(CCOc2ccc(CN3CCC(O)(CN4CCOCC4)C3)cc2)n1. The highest BCUT2D eigenvalue weighted by molar-refractivity contribution is 5.27. The van der Waals surface area contributed by atoms with E-state index in [-0.39, 0.29) is 0 Å². The molecule has 3 heterocycles. The zero-order chi connectivity index (χ0) is 21.0. The van der Waals surface area contributed by atoms with Gasteiger partial charge in [0.2, 0.25) is 0 Å². The lowest BCUT2D eigenvalue weighted by Gasteiger charge is -2.33. The lowest BCUT2D eigenvalue weighted by atomic mass is 10.0. The van der Waals surface area contributed by atoms with E-state index in [1.807, 2.05) is 23.7 Å². The van der Waals surface area contributed by atoms with Crippen molar-refractivity contribution in [1.82, 2.24) is 19.6 Å². The number of hydrogen-bond donors (Lipinski definition) is 1. The lowest BCUT2D eigenvalue weighted by molar-refractivity contribution is -0.0266. The Kier molecular flexibility index (Phi) is 6.73. The molecule has 30 heavy (non-hydrogen) atoms. The van der Waals surface area contributed by atoms with Crippen LogP contribution in [-0.2, 0) is 17.8 Å². The number of aromatic nitrogens is 2. The van der Waals surface area contributed by atoms with E-state index in [1.54, 1.807) is 0 Å². The number of hydrogen-bond acceptors (Lipinski definition) is 6. The second-order valence-corrected chi connectivity index (χ2v) is 8.72. The fourth-order valence-electron chi connectivity index (χ4n) is 4.48. The van der Waals surface area contributed by atoms with Crippen molar-refractivity contribution in [3.8, 4) is 5.75 Å². The van der Waals surface area contributed by atoms with Crippen molar-refractivity contribution in [3.05, 3.63) is 47.3 Å². The molecule has 4 rings (SSSR count). The number of aryl methyl sites for hydroxylation is 2. The number of β-amino-alcohol motifs (C(OH)–C–C–N with tert-alkyl or cyclic N) is 1. The van der Waals surface area contributed by atoms with Gasteiger partial charge in [-0.25, -0.2) is 0 Å². The first-order valence-corrected chi connectivity index (χ1v) is 11.0. The van der Waals surface area contributed by atoms with E-state index in [4.69, 9.17) is 9.47 Å². The molecule has 1 unspecified atom stereocenters. The summed E-state index contributed by atoms with van der Waals surface area (Å²) in [5, 5.41) is 15.5. The lowest BCUT2D eigenvalue weighted by Crippen LogP contribution is -2.48. The third-order valence-corrected chi connectivity index (χ3v) is 6.04. The molecular weight excluding hydrogens is 380 g/mol. The van der Waals surface area contributed by atoms with Crippen LogP contribution in [0.25, 0.3) is 0 Å². The maximum atomic E-state index is 11.0. The summed E-state index contributed by atoms with van der Waals surface area (Å²) in [6, 6.07) is 10.4. The van der Waals surface area contributed by atoms with Crippen molar-refractivity contribution in [2.45, 2.75) is 39.0 Å². The molecule has 1 atom stereocenters. The van der Waals surface area contributed by atoms with Gasteiger partial charge in [0.05, 0.1) is 31.1 Å². The zero-order valence-electron chi connectivity index (χ0n) is 18.2. The van der Waals surface area contributed by atoms with Crippen LogP contribution in [-0.4, -0.2) is 82.8 Å². The van der Waals surface area contributed by atoms with Crippen LogP contribution in [0.3, 0.4) is 0 Å². The number of benzene rings is 1. The van der Waals surface area contributed by atoms with E-state index in [9.17, 15) is 5.11 Å². The third kappa shape index (κ3) is 5.60. The van der Waals surface area contributed by atoms with Gasteiger partial charge in [-0.1, -0.05) is 12.1 Å². The first kappa shape index (κ1) is 21.3. The van der Waals surface area contributed by atoms with E-state index in [1.165, 1.54) is 5.56 Å². The van der Waals surface area contributed by atoms with Crippen LogP contribution < -0.4 is 4.74 Å². The molecule has 1 N–H and O–H groups in total. The highest BCUT2D eigenvalue weighted by atomic mass is 16.5. The van der Waals surface area contributed by atoms with Crippen LogP contribution in [0, 0.1) is 13.8 Å². The Bertz CT molecular complexity index is 816. The van der Waals surface area contributed by atoms with Crippen LogP contribution in [0.5, 0.6) is 5.75 Å². The van der Waals surface area contributed by atoms with Gasteiger partial charge in [0.1, 0.15) is 12.4 Å². The highest BCUT2D eigenvalue weighted by Crippen LogP contribution is 2.25. The first-order chi connectivity index (χ1) is 14.5. The Morgan fingerprint density at radius 2 is 1.87 bits per heavy atom. The summed E-state index contributed by atoms with van der Waals surface area (Å²) in [5.74, 6) is 0.880. The molecule has 0 aliphatic carbocycles.